The van der Waals surface area contributed by atoms with Crippen LogP contribution in [0.25, 0.3) is 11.3 Å². The maximum atomic E-state index is 5.36. The average Bonchev–Trinajstić information content (AvgIpc) is 2.70. The van der Waals surface area contributed by atoms with E-state index in [1.807, 2.05) is 26.0 Å². The van der Waals surface area contributed by atoms with Gasteiger partial charge in [-0.25, -0.2) is 0 Å². The molecule has 0 bridgehead atoms. The predicted molar refractivity (Wildman–Crippen MR) is 66.6 cm³/mol. The molecule has 0 saturated carbocycles. The van der Waals surface area contributed by atoms with Gasteiger partial charge >= 0.3 is 0 Å². The summed E-state index contributed by atoms with van der Waals surface area (Å²) in [5, 5.41) is 0. The zero-order valence-electron chi connectivity index (χ0n) is 10.5. The lowest BCUT2D eigenvalue weighted by Gasteiger charge is -2.07. The number of aromatic amines is 1. The lowest BCUT2D eigenvalue weighted by atomic mass is 10.1. The van der Waals surface area contributed by atoms with Crippen molar-refractivity contribution in [3.63, 3.8) is 0 Å². The van der Waals surface area contributed by atoms with Crippen molar-refractivity contribution >= 4 is 0 Å². The fourth-order valence-electron chi connectivity index (χ4n) is 1.80. The molecule has 0 spiro atoms. The highest BCUT2D eigenvalue weighted by molar-refractivity contribution is 5.70. The van der Waals surface area contributed by atoms with Crippen LogP contribution in [-0.2, 0) is 0 Å². The van der Waals surface area contributed by atoms with Gasteiger partial charge in [-0.3, -0.25) is 0 Å². The molecule has 0 fully saturated rings. The van der Waals surface area contributed by atoms with E-state index in [2.05, 4.69) is 16.0 Å². The smallest absolute Gasteiger partial charge is 0.294 e. The monoisotopic (exact) mass is 232 g/mol. The lowest BCUT2D eigenvalue weighted by molar-refractivity contribution is 0.384. The van der Waals surface area contributed by atoms with Crippen molar-refractivity contribution in [1.29, 1.82) is 0 Å². The Hall–Kier alpha value is -1.97. The van der Waals surface area contributed by atoms with Gasteiger partial charge in [0, 0.05) is 11.3 Å². The Morgan fingerprint density at radius 2 is 1.88 bits per heavy atom. The van der Waals surface area contributed by atoms with Crippen molar-refractivity contribution in [2.45, 2.75) is 13.8 Å². The molecule has 0 aliphatic heterocycles. The van der Waals surface area contributed by atoms with E-state index in [1.165, 1.54) is 5.56 Å². The van der Waals surface area contributed by atoms with Crippen LogP contribution in [0.15, 0.2) is 18.2 Å². The van der Waals surface area contributed by atoms with Crippen molar-refractivity contribution in [2.24, 2.45) is 0 Å². The number of benzene rings is 1. The van der Waals surface area contributed by atoms with Crippen LogP contribution in [0, 0.1) is 13.8 Å². The third kappa shape index (κ3) is 2.11. The highest BCUT2D eigenvalue weighted by Gasteiger charge is 2.13. The maximum Gasteiger partial charge on any atom is 0.294 e. The van der Waals surface area contributed by atoms with Gasteiger partial charge in [-0.1, -0.05) is 11.6 Å². The number of aromatic nitrogens is 2. The maximum absolute atomic E-state index is 5.36. The molecule has 0 atom stereocenters. The first-order valence-corrected chi connectivity index (χ1v) is 5.41. The quantitative estimate of drug-likeness (QED) is 0.885. The third-order valence-corrected chi connectivity index (χ3v) is 2.67. The zero-order chi connectivity index (χ0) is 12.4. The molecular formula is C13H16N2O2. The van der Waals surface area contributed by atoms with E-state index >= 15 is 0 Å². The van der Waals surface area contributed by atoms with Gasteiger partial charge < -0.3 is 14.5 Å². The topological polar surface area (TPSA) is 47.1 Å². The Morgan fingerprint density at radius 3 is 2.47 bits per heavy atom. The van der Waals surface area contributed by atoms with E-state index in [0.717, 1.165) is 22.7 Å². The minimum atomic E-state index is 0.515. The van der Waals surface area contributed by atoms with Crippen molar-refractivity contribution in [1.82, 2.24) is 9.97 Å². The first-order chi connectivity index (χ1) is 8.15. The molecule has 17 heavy (non-hydrogen) atoms. The predicted octanol–water partition coefficient (Wildman–Crippen LogP) is 2.71. The van der Waals surface area contributed by atoms with Crippen LogP contribution in [0.1, 0.15) is 11.3 Å². The fourth-order valence-corrected chi connectivity index (χ4v) is 1.80. The molecule has 0 unspecified atom stereocenters. The average molecular weight is 232 g/mol. The summed E-state index contributed by atoms with van der Waals surface area (Å²) < 4.78 is 10.5. The summed E-state index contributed by atoms with van der Waals surface area (Å²) in [4.78, 5) is 7.47. The molecule has 0 amide bonds. The molecule has 4 heteroatoms. The lowest BCUT2D eigenvalue weighted by Crippen LogP contribution is -1.90. The SMILES string of the molecule is COc1nc(-c2cc(C)ccc2OC)c(C)[nH]1. The Morgan fingerprint density at radius 1 is 1.12 bits per heavy atom. The number of nitrogens with zero attached hydrogens (tertiary/aromatic N) is 1. The Balaban J connectivity index is 2.58. The number of methoxy groups -OCH3 is 2. The zero-order valence-corrected chi connectivity index (χ0v) is 10.5. The van der Waals surface area contributed by atoms with E-state index in [4.69, 9.17) is 9.47 Å². The highest BCUT2D eigenvalue weighted by atomic mass is 16.5. The molecule has 2 rings (SSSR count). The van der Waals surface area contributed by atoms with Gasteiger partial charge in [0.15, 0.2) is 0 Å². The second-order valence-electron chi connectivity index (χ2n) is 3.92. The van der Waals surface area contributed by atoms with E-state index in [0.29, 0.717) is 6.01 Å². The molecule has 4 nitrogen and oxygen atoms in total. The summed E-state index contributed by atoms with van der Waals surface area (Å²) in [5.74, 6) is 0.813. The summed E-state index contributed by atoms with van der Waals surface area (Å²) in [6.07, 6.45) is 0. The molecular weight excluding hydrogens is 216 g/mol. The van der Waals surface area contributed by atoms with Crippen LogP contribution < -0.4 is 9.47 Å². The van der Waals surface area contributed by atoms with Crippen LogP contribution in [0.2, 0.25) is 0 Å². The molecule has 0 saturated heterocycles. The number of nitrogens with one attached hydrogen (secondary N) is 1. The van der Waals surface area contributed by atoms with Crippen LogP contribution in [0.5, 0.6) is 11.8 Å². The Kier molecular flexibility index (Phi) is 3.04. The number of imidazole rings is 1. The van der Waals surface area contributed by atoms with Gasteiger partial charge in [-0.05, 0) is 26.0 Å². The molecule has 1 heterocycles. The molecule has 2 aromatic rings. The van der Waals surface area contributed by atoms with E-state index in [-0.39, 0.29) is 0 Å². The second kappa shape index (κ2) is 4.49. The van der Waals surface area contributed by atoms with Gasteiger partial charge in [0.1, 0.15) is 5.75 Å². The minimum absolute atomic E-state index is 0.515. The molecule has 0 radical (unpaired) electrons. The van der Waals surface area contributed by atoms with Gasteiger partial charge in [0.2, 0.25) is 0 Å². The second-order valence-corrected chi connectivity index (χ2v) is 3.92. The Bertz CT molecular complexity index is 532. The number of hydrogen-bond acceptors (Lipinski definition) is 3. The van der Waals surface area contributed by atoms with E-state index in [1.54, 1.807) is 14.2 Å². The van der Waals surface area contributed by atoms with Gasteiger partial charge in [0.05, 0.1) is 19.9 Å². The number of H-pyrrole nitrogens is 1. The molecule has 1 N–H and O–H groups in total. The number of aryl methyl sites for hydroxylation is 2. The summed E-state index contributed by atoms with van der Waals surface area (Å²) >= 11 is 0. The molecule has 90 valence electrons. The molecule has 0 aliphatic rings. The first kappa shape index (κ1) is 11.5. The van der Waals surface area contributed by atoms with E-state index in [9.17, 15) is 0 Å². The summed E-state index contributed by atoms with van der Waals surface area (Å²) in [6, 6.07) is 6.54. The van der Waals surface area contributed by atoms with Gasteiger partial charge in [0.25, 0.3) is 6.01 Å². The molecule has 1 aromatic heterocycles. The van der Waals surface area contributed by atoms with Crippen LogP contribution in [-0.4, -0.2) is 24.2 Å². The summed E-state index contributed by atoms with van der Waals surface area (Å²) in [6.45, 7) is 4.01. The van der Waals surface area contributed by atoms with Crippen LogP contribution >= 0.6 is 0 Å². The molecule has 0 aliphatic carbocycles. The van der Waals surface area contributed by atoms with Crippen LogP contribution in [0.3, 0.4) is 0 Å². The Labute approximate surface area is 101 Å². The molecule has 1 aromatic carbocycles. The first-order valence-electron chi connectivity index (χ1n) is 5.41. The van der Waals surface area contributed by atoms with Crippen molar-refractivity contribution in [3.05, 3.63) is 29.5 Å². The minimum Gasteiger partial charge on any atom is -0.496 e. The number of hydrogen-bond donors (Lipinski definition) is 1. The van der Waals surface area contributed by atoms with Crippen molar-refractivity contribution in [3.8, 4) is 23.0 Å². The van der Waals surface area contributed by atoms with Crippen molar-refractivity contribution < 1.29 is 9.47 Å². The normalized spacial score (nSPS) is 10.4. The number of rotatable bonds is 3. The largest absolute Gasteiger partial charge is 0.496 e. The van der Waals surface area contributed by atoms with E-state index < -0.39 is 0 Å². The summed E-state index contributed by atoms with van der Waals surface area (Å²) in [5.41, 5.74) is 3.97. The van der Waals surface area contributed by atoms with Gasteiger partial charge in [-0.15, -0.1) is 0 Å². The standard InChI is InChI=1S/C13H16N2O2/c1-8-5-6-11(16-3)10(7-8)12-9(2)14-13(15-12)17-4/h5-7H,1-4H3,(H,14,15). The van der Waals surface area contributed by atoms with Crippen LogP contribution in [0.4, 0.5) is 0 Å². The van der Waals surface area contributed by atoms with Gasteiger partial charge in [-0.2, -0.15) is 4.98 Å². The summed E-state index contributed by atoms with van der Waals surface area (Å²) in [7, 11) is 3.25. The third-order valence-electron chi connectivity index (χ3n) is 2.67. The number of ether oxygens (including phenoxy) is 2. The van der Waals surface area contributed by atoms with Crippen molar-refractivity contribution in [2.75, 3.05) is 14.2 Å². The highest BCUT2D eigenvalue weighted by Crippen LogP contribution is 2.32. The fraction of sp³-hybridized carbons (Fsp3) is 0.308.